The summed E-state index contributed by atoms with van der Waals surface area (Å²) in [5.41, 5.74) is 0.232. The number of aldehydes is 1. The number of nitro groups is 1. The molecule has 102 valence electrons. The Hall–Kier alpha value is -1.92. The van der Waals surface area contributed by atoms with Crippen LogP contribution in [0.4, 0.5) is 5.69 Å². The molecule has 0 aromatic heterocycles. The fraction of sp³-hybridized carbons (Fsp3) is 0. The van der Waals surface area contributed by atoms with Gasteiger partial charge in [0.25, 0.3) is 0 Å². The Morgan fingerprint density at radius 1 is 1.25 bits per heavy atom. The van der Waals surface area contributed by atoms with E-state index in [1.807, 2.05) is 0 Å². The van der Waals surface area contributed by atoms with Gasteiger partial charge in [-0.25, -0.2) is 0 Å². The highest BCUT2D eigenvalue weighted by Crippen LogP contribution is 2.34. The van der Waals surface area contributed by atoms with Gasteiger partial charge in [-0.2, -0.15) is 0 Å². The van der Waals surface area contributed by atoms with E-state index in [2.05, 4.69) is 15.9 Å². The van der Waals surface area contributed by atoms with E-state index in [9.17, 15) is 14.9 Å². The van der Waals surface area contributed by atoms with Gasteiger partial charge in [0, 0.05) is 21.1 Å². The first-order valence-electron chi connectivity index (χ1n) is 5.38. The van der Waals surface area contributed by atoms with Crippen LogP contribution in [0, 0.1) is 10.1 Å². The Morgan fingerprint density at radius 2 is 2.00 bits per heavy atom. The topological polar surface area (TPSA) is 69.4 Å². The van der Waals surface area contributed by atoms with Crippen LogP contribution in [-0.4, -0.2) is 11.2 Å². The van der Waals surface area contributed by atoms with Crippen molar-refractivity contribution in [2.45, 2.75) is 0 Å². The molecule has 7 heteroatoms. The van der Waals surface area contributed by atoms with Gasteiger partial charge in [0.2, 0.25) is 5.75 Å². The second-order valence-electron chi connectivity index (χ2n) is 3.77. The van der Waals surface area contributed by atoms with Gasteiger partial charge in [0.05, 0.1) is 4.92 Å². The third-order valence-corrected chi connectivity index (χ3v) is 3.37. The third-order valence-electron chi connectivity index (χ3n) is 2.44. The molecule has 2 aromatic rings. The number of ether oxygens (including phenoxy) is 1. The number of benzene rings is 2. The van der Waals surface area contributed by atoms with Gasteiger partial charge in [-0.1, -0.05) is 11.6 Å². The Kier molecular flexibility index (Phi) is 4.36. The average Bonchev–Trinajstić information content (AvgIpc) is 2.41. The molecule has 0 unspecified atom stereocenters. The summed E-state index contributed by atoms with van der Waals surface area (Å²) in [7, 11) is 0. The number of rotatable bonds is 4. The molecule has 0 saturated heterocycles. The van der Waals surface area contributed by atoms with Gasteiger partial charge in [0.15, 0.2) is 6.29 Å². The Bertz CT molecular complexity index is 690. The predicted octanol–water partition coefficient (Wildman–Crippen LogP) is 4.62. The second kappa shape index (κ2) is 6.02. The van der Waals surface area contributed by atoms with Gasteiger partial charge in [-0.05, 0) is 46.3 Å². The normalized spacial score (nSPS) is 10.1. The van der Waals surface area contributed by atoms with Crippen molar-refractivity contribution in [3.63, 3.8) is 0 Å². The predicted molar refractivity (Wildman–Crippen MR) is 77.7 cm³/mol. The number of hydrogen-bond donors (Lipinski definition) is 0. The van der Waals surface area contributed by atoms with Crippen LogP contribution in [0.1, 0.15) is 10.4 Å². The van der Waals surface area contributed by atoms with Gasteiger partial charge < -0.3 is 4.74 Å². The summed E-state index contributed by atoms with van der Waals surface area (Å²) >= 11 is 8.94. The lowest BCUT2D eigenvalue weighted by Crippen LogP contribution is -1.94. The molecule has 0 amide bonds. The number of halogens is 2. The first-order valence-corrected chi connectivity index (χ1v) is 6.55. The molecule has 0 saturated carbocycles. The summed E-state index contributed by atoms with van der Waals surface area (Å²) < 4.78 is 6.00. The SMILES string of the molecule is O=Cc1ccc(Oc2ccc(Cl)cc2[N+](=O)[O-])cc1Br. The molecule has 0 N–H and O–H groups in total. The molecule has 2 aromatic carbocycles. The summed E-state index contributed by atoms with van der Waals surface area (Å²) in [6.45, 7) is 0. The van der Waals surface area contributed by atoms with E-state index in [0.717, 1.165) is 0 Å². The Balaban J connectivity index is 2.37. The summed E-state index contributed by atoms with van der Waals surface area (Å²) in [5.74, 6) is 0.443. The summed E-state index contributed by atoms with van der Waals surface area (Å²) in [4.78, 5) is 21.1. The van der Waals surface area contributed by atoms with Crippen LogP contribution in [-0.2, 0) is 0 Å². The van der Waals surface area contributed by atoms with Crippen LogP contribution in [0.15, 0.2) is 40.9 Å². The zero-order valence-electron chi connectivity index (χ0n) is 9.88. The minimum Gasteiger partial charge on any atom is -0.450 e. The highest BCUT2D eigenvalue weighted by Gasteiger charge is 2.16. The van der Waals surface area contributed by atoms with Gasteiger partial charge in [-0.3, -0.25) is 14.9 Å². The molecule has 20 heavy (non-hydrogen) atoms. The van der Waals surface area contributed by atoms with Gasteiger partial charge in [0.1, 0.15) is 5.75 Å². The Morgan fingerprint density at radius 3 is 2.60 bits per heavy atom. The van der Waals surface area contributed by atoms with Crippen LogP contribution < -0.4 is 4.74 Å². The van der Waals surface area contributed by atoms with E-state index < -0.39 is 4.92 Å². The molecule has 0 radical (unpaired) electrons. The van der Waals surface area contributed by atoms with Crippen LogP contribution in [0.3, 0.4) is 0 Å². The van der Waals surface area contributed by atoms with Crippen molar-refractivity contribution in [3.05, 3.63) is 61.6 Å². The maximum absolute atomic E-state index is 10.9. The summed E-state index contributed by atoms with van der Waals surface area (Å²) in [6, 6.07) is 8.79. The van der Waals surface area contributed by atoms with Crippen molar-refractivity contribution in [1.82, 2.24) is 0 Å². The van der Waals surface area contributed by atoms with Crippen LogP contribution in [0.2, 0.25) is 5.02 Å². The molecular formula is C13H7BrClNO4. The largest absolute Gasteiger partial charge is 0.450 e. The molecule has 5 nitrogen and oxygen atoms in total. The van der Waals surface area contributed by atoms with E-state index in [1.54, 1.807) is 18.2 Å². The van der Waals surface area contributed by atoms with Gasteiger partial charge >= 0.3 is 5.69 Å². The zero-order valence-corrected chi connectivity index (χ0v) is 12.2. The molecule has 2 rings (SSSR count). The van der Waals surface area contributed by atoms with Crippen molar-refractivity contribution in [1.29, 1.82) is 0 Å². The van der Waals surface area contributed by atoms with E-state index in [4.69, 9.17) is 16.3 Å². The smallest absolute Gasteiger partial charge is 0.313 e. The second-order valence-corrected chi connectivity index (χ2v) is 5.06. The highest BCUT2D eigenvalue weighted by molar-refractivity contribution is 9.10. The van der Waals surface area contributed by atoms with E-state index >= 15 is 0 Å². The number of carbonyl (C=O) groups is 1. The minimum absolute atomic E-state index is 0.0742. The van der Waals surface area contributed by atoms with Crippen LogP contribution in [0.25, 0.3) is 0 Å². The van der Waals surface area contributed by atoms with Crippen molar-refractivity contribution in [2.75, 3.05) is 0 Å². The first kappa shape index (κ1) is 14.5. The standard InChI is InChI=1S/C13H7BrClNO4/c14-11-6-10(3-1-8(11)7-17)20-13-4-2-9(15)5-12(13)16(18)19/h1-7H. The number of nitrogens with zero attached hydrogens (tertiary/aromatic N) is 1. The lowest BCUT2D eigenvalue weighted by atomic mass is 10.2. The lowest BCUT2D eigenvalue weighted by Gasteiger charge is -2.07. The van der Waals surface area contributed by atoms with Crippen molar-refractivity contribution >= 4 is 39.5 Å². The van der Waals surface area contributed by atoms with E-state index in [-0.39, 0.29) is 16.5 Å². The first-order chi connectivity index (χ1) is 9.51. The van der Waals surface area contributed by atoms with E-state index in [1.165, 1.54) is 18.2 Å². The number of carbonyl (C=O) groups excluding carboxylic acids is 1. The minimum atomic E-state index is -0.573. The fourth-order valence-electron chi connectivity index (χ4n) is 1.51. The Labute approximate surface area is 127 Å². The number of hydrogen-bond acceptors (Lipinski definition) is 4. The van der Waals surface area contributed by atoms with Gasteiger partial charge in [-0.15, -0.1) is 0 Å². The molecule has 0 bridgehead atoms. The monoisotopic (exact) mass is 355 g/mol. The highest BCUT2D eigenvalue weighted by atomic mass is 79.9. The molecule has 0 aliphatic rings. The van der Waals surface area contributed by atoms with Crippen molar-refractivity contribution in [3.8, 4) is 11.5 Å². The quantitative estimate of drug-likeness (QED) is 0.455. The maximum atomic E-state index is 10.9. The summed E-state index contributed by atoms with van der Waals surface area (Å²) in [6.07, 6.45) is 0.693. The molecule has 0 spiro atoms. The molecule has 0 fully saturated rings. The lowest BCUT2D eigenvalue weighted by molar-refractivity contribution is -0.385. The van der Waals surface area contributed by atoms with Crippen molar-refractivity contribution < 1.29 is 14.5 Å². The zero-order chi connectivity index (χ0) is 14.7. The van der Waals surface area contributed by atoms with E-state index in [0.29, 0.717) is 22.1 Å². The fourth-order valence-corrected chi connectivity index (χ4v) is 2.13. The number of nitro benzene ring substituents is 1. The van der Waals surface area contributed by atoms with Crippen molar-refractivity contribution in [2.24, 2.45) is 0 Å². The average molecular weight is 357 g/mol. The molecule has 0 aliphatic heterocycles. The van der Waals surface area contributed by atoms with Crippen LogP contribution in [0.5, 0.6) is 11.5 Å². The van der Waals surface area contributed by atoms with Crippen LogP contribution >= 0.6 is 27.5 Å². The molecule has 0 aliphatic carbocycles. The third kappa shape index (κ3) is 3.15. The molecule has 0 heterocycles. The molecular weight excluding hydrogens is 350 g/mol. The summed E-state index contributed by atoms with van der Waals surface area (Å²) in [5, 5.41) is 11.2. The molecule has 0 atom stereocenters. The maximum Gasteiger partial charge on any atom is 0.313 e.